The molecule has 4 N–H and O–H groups in total. The summed E-state index contributed by atoms with van der Waals surface area (Å²) in [7, 11) is 0. The molecule has 0 aromatic heterocycles. The van der Waals surface area contributed by atoms with Gasteiger partial charge in [-0.15, -0.1) is 0 Å². The Morgan fingerprint density at radius 3 is 2.21 bits per heavy atom. The molecule has 120 valence electrons. The predicted molar refractivity (Wildman–Crippen MR) is 99.0 cm³/mol. The summed E-state index contributed by atoms with van der Waals surface area (Å²) in [5.41, 5.74) is 9.77. The topological polar surface area (TPSA) is 67.1 Å². The highest BCUT2D eigenvalue weighted by Crippen LogP contribution is 2.18. The van der Waals surface area contributed by atoms with Crippen LogP contribution in [0.4, 0.5) is 17.1 Å². The summed E-state index contributed by atoms with van der Waals surface area (Å²) in [5, 5.41) is 6.15. The Bertz CT molecular complexity index is 814. The SMILES string of the molecule is Nc1ccccc1NC(=O)c1ccc(NCc2ccccc2)cc1. The lowest BCUT2D eigenvalue weighted by molar-refractivity contribution is 0.102. The van der Waals surface area contributed by atoms with Crippen molar-refractivity contribution in [1.29, 1.82) is 0 Å². The predicted octanol–water partition coefficient (Wildman–Crippen LogP) is 4.13. The molecule has 24 heavy (non-hydrogen) atoms. The van der Waals surface area contributed by atoms with E-state index in [0.717, 1.165) is 12.2 Å². The molecule has 3 rings (SSSR count). The average Bonchev–Trinajstić information content (AvgIpc) is 2.63. The normalized spacial score (nSPS) is 10.2. The van der Waals surface area contributed by atoms with Crippen LogP contribution in [-0.2, 0) is 6.54 Å². The summed E-state index contributed by atoms with van der Waals surface area (Å²) >= 11 is 0. The van der Waals surface area contributed by atoms with Gasteiger partial charge >= 0.3 is 0 Å². The molecule has 0 spiro atoms. The number of nitrogens with one attached hydrogen (secondary N) is 2. The van der Waals surface area contributed by atoms with E-state index in [1.54, 1.807) is 24.3 Å². The molecule has 0 aliphatic rings. The Balaban J connectivity index is 1.61. The van der Waals surface area contributed by atoms with Crippen molar-refractivity contribution in [2.45, 2.75) is 6.54 Å². The van der Waals surface area contributed by atoms with Crippen LogP contribution < -0.4 is 16.4 Å². The van der Waals surface area contributed by atoms with E-state index in [1.807, 2.05) is 42.5 Å². The molecular weight excluding hydrogens is 298 g/mol. The van der Waals surface area contributed by atoms with Gasteiger partial charge in [0.15, 0.2) is 0 Å². The first-order valence-electron chi connectivity index (χ1n) is 7.76. The molecule has 0 fully saturated rings. The summed E-state index contributed by atoms with van der Waals surface area (Å²) < 4.78 is 0. The Morgan fingerprint density at radius 1 is 0.833 bits per heavy atom. The molecule has 4 nitrogen and oxygen atoms in total. The second-order valence-electron chi connectivity index (χ2n) is 5.46. The fourth-order valence-electron chi connectivity index (χ4n) is 2.34. The molecule has 3 aromatic rings. The van der Waals surface area contributed by atoms with Gasteiger partial charge in [-0.25, -0.2) is 0 Å². The molecule has 0 aliphatic heterocycles. The van der Waals surface area contributed by atoms with Crippen molar-refractivity contribution in [2.75, 3.05) is 16.4 Å². The number of benzene rings is 3. The molecule has 0 heterocycles. The molecule has 0 radical (unpaired) electrons. The number of hydrogen-bond acceptors (Lipinski definition) is 3. The highest BCUT2D eigenvalue weighted by molar-refractivity contribution is 6.05. The molecule has 0 atom stereocenters. The molecule has 4 heteroatoms. The summed E-state index contributed by atoms with van der Waals surface area (Å²) in [6, 6.07) is 24.7. The van der Waals surface area contributed by atoms with Gasteiger partial charge in [0.25, 0.3) is 5.91 Å². The number of hydrogen-bond donors (Lipinski definition) is 3. The second-order valence-corrected chi connectivity index (χ2v) is 5.46. The van der Waals surface area contributed by atoms with Crippen LogP contribution in [0.2, 0.25) is 0 Å². The van der Waals surface area contributed by atoms with Gasteiger partial charge in [-0.3, -0.25) is 4.79 Å². The van der Waals surface area contributed by atoms with Gasteiger partial charge in [0.05, 0.1) is 11.4 Å². The molecule has 0 saturated carbocycles. The summed E-state index contributed by atoms with van der Waals surface area (Å²) in [5.74, 6) is -0.178. The minimum atomic E-state index is -0.178. The van der Waals surface area contributed by atoms with Gasteiger partial charge in [-0.1, -0.05) is 42.5 Å². The second kappa shape index (κ2) is 7.33. The first kappa shape index (κ1) is 15.6. The Kier molecular flexibility index (Phi) is 4.77. The maximum absolute atomic E-state index is 12.3. The van der Waals surface area contributed by atoms with Crippen LogP contribution >= 0.6 is 0 Å². The van der Waals surface area contributed by atoms with Crippen LogP contribution in [0.1, 0.15) is 15.9 Å². The Hall–Kier alpha value is -3.27. The third-order valence-corrected chi connectivity index (χ3v) is 3.70. The van der Waals surface area contributed by atoms with Crippen LogP contribution in [0.3, 0.4) is 0 Å². The van der Waals surface area contributed by atoms with Crippen LogP contribution in [0.5, 0.6) is 0 Å². The Morgan fingerprint density at radius 2 is 1.50 bits per heavy atom. The van der Waals surface area contributed by atoms with Crippen molar-refractivity contribution in [2.24, 2.45) is 0 Å². The molecule has 0 unspecified atom stereocenters. The fourth-order valence-corrected chi connectivity index (χ4v) is 2.34. The molecule has 0 bridgehead atoms. The monoisotopic (exact) mass is 317 g/mol. The number of nitrogen functional groups attached to an aromatic ring is 1. The highest BCUT2D eigenvalue weighted by Gasteiger charge is 2.07. The molecular formula is C20H19N3O. The fraction of sp³-hybridized carbons (Fsp3) is 0.0500. The van der Waals surface area contributed by atoms with E-state index >= 15 is 0 Å². The maximum Gasteiger partial charge on any atom is 0.255 e. The number of rotatable bonds is 5. The first-order valence-corrected chi connectivity index (χ1v) is 7.76. The standard InChI is InChI=1S/C20H19N3O/c21-18-8-4-5-9-19(18)23-20(24)16-10-12-17(13-11-16)22-14-15-6-2-1-3-7-15/h1-13,22H,14,21H2,(H,23,24). The zero-order valence-electron chi connectivity index (χ0n) is 13.2. The van der Waals surface area contributed by atoms with E-state index in [9.17, 15) is 4.79 Å². The molecule has 3 aromatic carbocycles. The van der Waals surface area contributed by atoms with Gasteiger partial charge in [0.2, 0.25) is 0 Å². The van der Waals surface area contributed by atoms with E-state index in [2.05, 4.69) is 22.8 Å². The van der Waals surface area contributed by atoms with Crippen LogP contribution in [0, 0.1) is 0 Å². The lowest BCUT2D eigenvalue weighted by Gasteiger charge is -2.09. The van der Waals surface area contributed by atoms with Gasteiger partial charge < -0.3 is 16.4 Å². The smallest absolute Gasteiger partial charge is 0.255 e. The molecule has 1 amide bonds. The summed E-state index contributed by atoms with van der Waals surface area (Å²) in [6.07, 6.45) is 0. The largest absolute Gasteiger partial charge is 0.397 e. The number of carbonyl (C=O) groups excluding carboxylic acids is 1. The van der Waals surface area contributed by atoms with E-state index in [4.69, 9.17) is 5.73 Å². The number of amides is 1. The van der Waals surface area contributed by atoms with Gasteiger partial charge in [0.1, 0.15) is 0 Å². The van der Waals surface area contributed by atoms with Gasteiger partial charge in [-0.2, -0.15) is 0 Å². The van der Waals surface area contributed by atoms with Crippen molar-refractivity contribution < 1.29 is 4.79 Å². The van der Waals surface area contributed by atoms with Crippen molar-refractivity contribution >= 4 is 23.0 Å². The Labute approximate surface area is 141 Å². The van der Waals surface area contributed by atoms with Crippen LogP contribution in [0.15, 0.2) is 78.9 Å². The minimum Gasteiger partial charge on any atom is -0.397 e. The lowest BCUT2D eigenvalue weighted by atomic mass is 10.1. The number of para-hydroxylation sites is 2. The lowest BCUT2D eigenvalue weighted by Crippen LogP contribution is -2.13. The van der Waals surface area contributed by atoms with Crippen molar-refractivity contribution in [3.63, 3.8) is 0 Å². The van der Waals surface area contributed by atoms with Crippen molar-refractivity contribution in [1.82, 2.24) is 0 Å². The van der Waals surface area contributed by atoms with E-state index in [-0.39, 0.29) is 5.91 Å². The van der Waals surface area contributed by atoms with Gasteiger partial charge in [0, 0.05) is 17.8 Å². The van der Waals surface area contributed by atoms with E-state index in [1.165, 1.54) is 5.56 Å². The van der Waals surface area contributed by atoms with Crippen LogP contribution in [0.25, 0.3) is 0 Å². The minimum absolute atomic E-state index is 0.178. The highest BCUT2D eigenvalue weighted by atomic mass is 16.1. The third kappa shape index (κ3) is 3.93. The third-order valence-electron chi connectivity index (χ3n) is 3.70. The zero-order valence-corrected chi connectivity index (χ0v) is 13.2. The quantitative estimate of drug-likeness (QED) is 0.620. The van der Waals surface area contributed by atoms with E-state index in [0.29, 0.717) is 16.9 Å². The average molecular weight is 317 g/mol. The molecule has 0 saturated heterocycles. The zero-order chi connectivity index (χ0) is 16.8. The van der Waals surface area contributed by atoms with E-state index < -0.39 is 0 Å². The maximum atomic E-state index is 12.3. The number of nitrogens with two attached hydrogens (primary N) is 1. The first-order chi connectivity index (χ1) is 11.7. The summed E-state index contributed by atoms with van der Waals surface area (Å²) in [6.45, 7) is 0.743. The van der Waals surface area contributed by atoms with Crippen molar-refractivity contribution in [3.8, 4) is 0 Å². The van der Waals surface area contributed by atoms with Crippen molar-refractivity contribution in [3.05, 3.63) is 90.0 Å². The molecule has 0 aliphatic carbocycles. The van der Waals surface area contributed by atoms with Crippen LogP contribution in [-0.4, -0.2) is 5.91 Å². The number of anilines is 3. The number of carbonyl (C=O) groups is 1. The van der Waals surface area contributed by atoms with Gasteiger partial charge in [-0.05, 0) is 42.0 Å². The summed E-state index contributed by atoms with van der Waals surface area (Å²) in [4.78, 5) is 12.3.